The fourth-order valence-corrected chi connectivity index (χ4v) is 3.64. The number of ether oxygens (including phenoxy) is 2. The van der Waals surface area contributed by atoms with E-state index in [4.69, 9.17) is 9.47 Å². The minimum Gasteiger partial charge on any atom is -0.481 e. The maximum absolute atomic E-state index is 12.8. The first-order valence-corrected chi connectivity index (χ1v) is 8.88. The summed E-state index contributed by atoms with van der Waals surface area (Å²) in [6.07, 6.45) is 2.15. The van der Waals surface area contributed by atoms with Crippen molar-refractivity contribution in [2.24, 2.45) is 11.3 Å². The highest BCUT2D eigenvalue weighted by Crippen LogP contribution is 2.35. The fourth-order valence-electron chi connectivity index (χ4n) is 3.64. The molecule has 25 heavy (non-hydrogen) atoms. The Balaban J connectivity index is 1.67. The third kappa shape index (κ3) is 4.02. The van der Waals surface area contributed by atoms with E-state index in [2.05, 4.69) is 5.32 Å². The zero-order valence-electron chi connectivity index (χ0n) is 14.3. The Morgan fingerprint density at radius 3 is 2.56 bits per heavy atom. The van der Waals surface area contributed by atoms with Crippen LogP contribution in [0.25, 0.3) is 0 Å². The number of benzene rings is 1. The number of rotatable bonds is 5. The van der Waals surface area contributed by atoms with E-state index >= 15 is 0 Å². The van der Waals surface area contributed by atoms with Crippen molar-refractivity contribution in [3.8, 4) is 0 Å². The summed E-state index contributed by atoms with van der Waals surface area (Å²) in [5.74, 6) is -1.28. The smallest absolute Gasteiger partial charge is 0.311 e. The minimum atomic E-state index is -0.925. The van der Waals surface area contributed by atoms with E-state index in [1.165, 1.54) is 0 Å². The van der Waals surface area contributed by atoms with Crippen molar-refractivity contribution >= 4 is 11.9 Å². The number of nitrogens with one attached hydrogen (secondary N) is 1. The van der Waals surface area contributed by atoms with E-state index in [9.17, 15) is 14.7 Å². The van der Waals surface area contributed by atoms with Crippen molar-refractivity contribution in [3.05, 3.63) is 35.9 Å². The van der Waals surface area contributed by atoms with Crippen LogP contribution in [0.4, 0.5) is 0 Å². The van der Waals surface area contributed by atoms with E-state index in [0.29, 0.717) is 32.7 Å². The second-order valence-corrected chi connectivity index (χ2v) is 6.87. The largest absolute Gasteiger partial charge is 0.481 e. The molecule has 6 heteroatoms. The molecule has 2 heterocycles. The van der Waals surface area contributed by atoms with Crippen molar-refractivity contribution in [3.63, 3.8) is 0 Å². The number of carbonyl (C=O) groups is 2. The fraction of sp³-hybridized carbons (Fsp3) is 0.579. The van der Waals surface area contributed by atoms with Gasteiger partial charge >= 0.3 is 5.97 Å². The van der Waals surface area contributed by atoms with Gasteiger partial charge in [-0.25, -0.2) is 0 Å². The molecule has 2 atom stereocenters. The van der Waals surface area contributed by atoms with Crippen LogP contribution >= 0.6 is 0 Å². The van der Waals surface area contributed by atoms with Gasteiger partial charge in [0, 0.05) is 26.4 Å². The average Bonchev–Trinajstić information content (AvgIpc) is 2.67. The molecule has 2 N–H and O–H groups in total. The molecule has 0 bridgehead atoms. The van der Waals surface area contributed by atoms with Gasteiger partial charge in [0.2, 0.25) is 5.91 Å². The molecule has 0 aliphatic carbocycles. The summed E-state index contributed by atoms with van der Waals surface area (Å²) >= 11 is 0. The molecule has 0 spiro atoms. The molecule has 2 saturated heterocycles. The molecule has 0 aromatic heterocycles. The first-order chi connectivity index (χ1) is 12.1. The van der Waals surface area contributed by atoms with Crippen LogP contribution in [0.3, 0.4) is 0 Å². The van der Waals surface area contributed by atoms with Crippen LogP contribution in [0.5, 0.6) is 0 Å². The summed E-state index contributed by atoms with van der Waals surface area (Å²) in [6.45, 7) is 1.62. The van der Waals surface area contributed by atoms with Gasteiger partial charge in [-0.3, -0.25) is 9.59 Å². The summed E-state index contributed by atoms with van der Waals surface area (Å²) in [5.41, 5.74) is 0.0625. The number of hydrogen-bond acceptors (Lipinski definition) is 4. The van der Waals surface area contributed by atoms with E-state index in [1.807, 2.05) is 30.3 Å². The van der Waals surface area contributed by atoms with E-state index in [-0.39, 0.29) is 24.5 Å². The zero-order valence-corrected chi connectivity index (χ0v) is 14.3. The average molecular weight is 347 g/mol. The summed E-state index contributed by atoms with van der Waals surface area (Å²) in [7, 11) is 0. The predicted molar refractivity (Wildman–Crippen MR) is 91.0 cm³/mol. The van der Waals surface area contributed by atoms with Crippen molar-refractivity contribution in [1.82, 2.24) is 5.32 Å². The third-order valence-corrected chi connectivity index (χ3v) is 5.29. The Labute approximate surface area is 147 Å². The van der Waals surface area contributed by atoms with Gasteiger partial charge in [-0.1, -0.05) is 30.3 Å². The number of hydrogen-bond donors (Lipinski definition) is 2. The Morgan fingerprint density at radius 2 is 1.88 bits per heavy atom. The van der Waals surface area contributed by atoms with Gasteiger partial charge in [0.1, 0.15) is 0 Å². The van der Waals surface area contributed by atoms with Crippen molar-refractivity contribution in [2.75, 3.05) is 26.4 Å². The normalized spacial score (nSPS) is 25.9. The van der Waals surface area contributed by atoms with Crippen molar-refractivity contribution in [2.45, 2.75) is 31.8 Å². The summed E-state index contributed by atoms with van der Waals surface area (Å²) in [4.78, 5) is 24.5. The second kappa shape index (κ2) is 7.97. The molecule has 1 aromatic rings. The maximum Gasteiger partial charge on any atom is 0.311 e. The summed E-state index contributed by atoms with van der Waals surface area (Å²) in [5, 5.41) is 12.5. The second-order valence-electron chi connectivity index (χ2n) is 6.87. The molecule has 6 nitrogen and oxygen atoms in total. The lowest BCUT2D eigenvalue weighted by Gasteiger charge is -2.35. The molecule has 1 amide bonds. The Bertz CT molecular complexity index is 597. The van der Waals surface area contributed by atoms with Crippen LogP contribution < -0.4 is 5.32 Å². The van der Waals surface area contributed by atoms with Gasteiger partial charge < -0.3 is 19.9 Å². The molecule has 2 fully saturated rings. The molecular weight excluding hydrogens is 322 g/mol. The lowest BCUT2D eigenvalue weighted by molar-refractivity contribution is -0.155. The van der Waals surface area contributed by atoms with E-state index in [0.717, 1.165) is 18.4 Å². The number of carbonyl (C=O) groups excluding carboxylic acids is 1. The zero-order chi connectivity index (χ0) is 17.7. The Kier molecular flexibility index (Phi) is 5.71. The molecule has 2 aliphatic heterocycles. The van der Waals surface area contributed by atoms with E-state index in [1.54, 1.807) is 0 Å². The topological polar surface area (TPSA) is 84.9 Å². The van der Waals surface area contributed by atoms with E-state index < -0.39 is 11.4 Å². The molecule has 136 valence electrons. The monoisotopic (exact) mass is 347 g/mol. The molecule has 1 aromatic carbocycles. The van der Waals surface area contributed by atoms with Gasteiger partial charge in [-0.15, -0.1) is 0 Å². The van der Waals surface area contributed by atoms with Crippen LogP contribution in [0.15, 0.2) is 30.3 Å². The predicted octanol–water partition coefficient (Wildman–Crippen LogP) is 2.15. The lowest BCUT2D eigenvalue weighted by atomic mass is 9.80. The van der Waals surface area contributed by atoms with Gasteiger partial charge in [-0.2, -0.15) is 0 Å². The Morgan fingerprint density at radius 1 is 1.16 bits per heavy atom. The molecule has 2 unspecified atom stereocenters. The van der Waals surface area contributed by atoms with Crippen LogP contribution in [-0.4, -0.2) is 43.3 Å². The molecule has 3 rings (SSSR count). The number of amides is 1. The minimum absolute atomic E-state index is 0.124. The third-order valence-electron chi connectivity index (χ3n) is 5.29. The highest BCUT2D eigenvalue weighted by molar-refractivity contribution is 5.81. The number of carboxylic acids is 1. The molecular formula is C19H25NO5. The number of aliphatic carboxylic acids is 1. The highest BCUT2D eigenvalue weighted by atomic mass is 16.5. The van der Waals surface area contributed by atoms with Crippen LogP contribution in [0.1, 0.15) is 37.4 Å². The van der Waals surface area contributed by atoms with Crippen molar-refractivity contribution in [1.29, 1.82) is 0 Å². The molecule has 2 aliphatic rings. The number of carboxylic acid groups (broad SMARTS) is 1. The molecule has 0 saturated carbocycles. The lowest BCUT2D eigenvalue weighted by Crippen LogP contribution is -2.48. The summed E-state index contributed by atoms with van der Waals surface area (Å²) in [6, 6.07) is 9.73. The standard InChI is InChI=1S/C19H25NO5/c21-17(20-13-19(18(22)23)8-11-24-12-9-19)15-7-4-10-25-16(15)14-5-2-1-3-6-14/h1-3,5-6,15-16H,4,7-13H2,(H,20,21)(H,22,23). The quantitative estimate of drug-likeness (QED) is 0.852. The van der Waals surface area contributed by atoms with Crippen LogP contribution in [0.2, 0.25) is 0 Å². The highest BCUT2D eigenvalue weighted by Gasteiger charge is 2.41. The van der Waals surface area contributed by atoms with Crippen LogP contribution in [0, 0.1) is 11.3 Å². The molecule has 0 radical (unpaired) electrons. The first-order valence-electron chi connectivity index (χ1n) is 8.88. The maximum atomic E-state index is 12.8. The van der Waals surface area contributed by atoms with Gasteiger partial charge in [0.25, 0.3) is 0 Å². The summed E-state index contributed by atoms with van der Waals surface area (Å²) < 4.78 is 11.1. The van der Waals surface area contributed by atoms with Gasteiger partial charge in [0.05, 0.1) is 17.4 Å². The van der Waals surface area contributed by atoms with Crippen molar-refractivity contribution < 1.29 is 24.2 Å². The Hall–Kier alpha value is -1.92. The SMILES string of the molecule is O=C(NCC1(C(=O)O)CCOCC1)C1CCCOC1c1ccccc1. The van der Waals surface area contributed by atoms with Gasteiger partial charge in [-0.05, 0) is 31.2 Å². The van der Waals surface area contributed by atoms with Gasteiger partial charge in [0.15, 0.2) is 0 Å². The first kappa shape index (κ1) is 17.9. The van der Waals surface area contributed by atoms with Crippen LogP contribution in [-0.2, 0) is 19.1 Å².